The lowest BCUT2D eigenvalue weighted by molar-refractivity contribution is -0.0425. The zero-order valence-corrected chi connectivity index (χ0v) is 5.78. The fourth-order valence-corrected chi connectivity index (χ4v) is 0.831. The lowest BCUT2D eigenvalue weighted by Crippen LogP contribution is -1.93. The van der Waals surface area contributed by atoms with Crippen LogP contribution in [0.15, 0.2) is 24.3 Å². The molecule has 1 aromatic rings. The zero-order chi connectivity index (χ0) is 7.56. The van der Waals surface area contributed by atoms with E-state index in [1.54, 1.807) is 18.2 Å². The van der Waals surface area contributed by atoms with Crippen molar-refractivity contribution in [3.8, 4) is 0 Å². The van der Waals surface area contributed by atoms with Gasteiger partial charge in [-0.3, -0.25) is 0 Å². The molecule has 2 nitrogen and oxygen atoms in total. The van der Waals surface area contributed by atoms with Crippen LogP contribution in [0.2, 0.25) is 0 Å². The Morgan fingerprint density at radius 2 is 2.00 bits per heavy atom. The molecule has 0 unspecified atom stereocenters. The van der Waals surface area contributed by atoms with Crippen LogP contribution in [0.1, 0.15) is 17.4 Å². The number of aliphatic hydroxyl groups excluding tert-OH is 1. The summed E-state index contributed by atoms with van der Waals surface area (Å²) in [4.78, 5) is 0. The first-order chi connectivity index (χ1) is 4.70. The minimum Gasteiger partial charge on any atom is -0.364 e. The second-order valence-electron chi connectivity index (χ2n) is 2.29. The van der Waals surface area contributed by atoms with Crippen molar-refractivity contribution in [2.24, 2.45) is 0 Å². The van der Waals surface area contributed by atoms with Gasteiger partial charge < -0.3 is 10.2 Å². The van der Waals surface area contributed by atoms with Gasteiger partial charge in [-0.2, -0.15) is 0 Å². The molecular formula is C8H10O2. The third kappa shape index (κ3) is 1.56. The Kier molecular flexibility index (Phi) is 2.04. The van der Waals surface area contributed by atoms with Crippen molar-refractivity contribution >= 4 is 0 Å². The van der Waals surface area contributed by atoms with Gasteiger partial charge in [0.05, 0.1) is 0 Å². The Hall–Kier alpha value is -0.860. The van der Waals surface area contributed by atoms with E-state index in [0.717, 1.165) is 5.56 Å². The van der Waals surface area contributed by atoms with Gasteiger partial charge in [-0.25, -0.2) is 0 Å². The Labute approximate surface area is 59.7 Å². The van der Waals surface area contributed by atoms with E-state index >= 15 is 0 Å². The fraction of sp³-hybridized carbons (Fsp3) is 0.250. The fourth-order valence-electron chi connectivity index (χ4n) is 0.831. The van der Waals surface area contributed by atoms with E-state index in [1.165, 1.54) is 0 Å². The average Bonchev–Trinajstić information content (AvgIpc) is 1.88. The molecule has 0 aliphatic rings. The van der Waals surface area contributed by atoms with Gasteiger partial charge in [0.15, 0.2) is 6.29 Å². The molecule has 54 valence electrons. The topological polar surface area (TPSA) is 40.5 Å². The number of aliphatic hydroxyl groups is 2. The lowest BCUT2D eigenvalue weighted by atomic mass is 10.1. The summed E-state index contributed by atoms with van der Waals surface area (Å²) in [5.74, 6) is 0. The molecule has 0 aliphatic heterocycles. The van der Waals surface area contributed by atoms with Crippen molar-refractivity contribution in [3.63, 3.8) is 0 Å². The highest BCUT2D eigenvalue weighted by Gasteiger charge is 1.99. The Morgan fingerprint density at radius 3 is 2.40 bits per heavy atom. The van der Waals surface area contributed by atoms with Gasteiger partial charge >= 0.3 is 0 Å². The molecule has 0 spiro atoms. The maximum absolute atomic E-state index is 8.70. The van der Waals surface area contributed by atoms with Crippen molar-refractivity contribution in [2.75, 3.05) is 0 Å². The summed E-state index contributed by atoms with van der Waals surface area (Å²) in [5.41, 5.74) is 1.57. The van der Waals surface area contributed by atoms with Gasteiger partial charge in [-0.15, -0.1) is 0 Å². The summed E-state index contributed by atoms with van der Waals surface area (Å²) >= 11 is 0. The average molecular weight is 138 g/mol. The molecule has 0 radical (unpaired) electrons. The van der Waals surface area contributed by atoms with Crippen molar-refractivity contribution in [3.05, 3.63) is 35.4 Å². The Morgan fingerprint density at radius 1 is 1.30 bits per heavy atom. The second kappa shape index (κ2) is 2.82. The van der Waals surface area contributed by atoms with Crippen LogP contribution >= 0.6 is 0 Å². The predicted molar refractivity (Wildman–Crippen MR) is 38.4 cm³/mol. The normalized spacial score (nSPS) is 10.4. The summed E-state index contributed by atoms with van der Waals surface area (Å²) in [6, 6.07) is 7.12. The summed E-state index contributed by atoms with van der Waals surface area (Å²) in [6.07, 6.45) is -1.35. The van der Waals surface area contributed by atoms with Crippen LogP contribution in [0.5, 0.6) is 0 Å². The Bertz CT molecular complexity index is 218. The van der Waals surface area contributed by atoms with E-state index in [1.807, 2.05) is 13.0 Å². The predicted octanol–water partition coefficient (Wildman–Crippen LogP) is 0.978. The standard InChI is InChI=1S/C8H10O2/c1-6-3-2-4-7(5-6)8(9)10/h2-5,8-10H,1H3. The number of hydrogen-bond acceptors (Lipinski definition) is 2. The van der Waals surface area contributed by atoms with Gasteiger partial charge in [-0.05, 0) is 6.92 Å². The number of hydrogen-bond donors (Lipinski definition) is 2. The zero-order valence-electron chi connectivity index (χ0n) is 5.78. The van der Waals surface area contributed by atoms with Crippen molar-refractivity contribution < 1.29 is 10.2 Å². The number of aryl methyl sites for hydroxylation is 1. The summed E-state index contributed by atoms with van der Waals surface area (Å²) in [5, 5.41) is 17.4. The van der Waals surface area contributed by atoms with Gasteiger partial charge in [-0.1, -0.05) is 29.8 Å². The van der Waals surface area contributed by atoms with Gasteiger partial charge in [0.1, 0.15) is 0 Å². The second-order valence-corrected chi connectivity index (χ2v) is 2.29. The molecule has 1 rings (SSSR count). The van der Waals surface area contributed by atoms with Gasteiger partial charge in [0.25, 0.3) is 0 Å². The maximum atomic E-state index is 8.70. The molecule has 0 fully saturated rings. The van der Waals surface area contributed by atoms with Crippen LogP contribution in [0.3, 0.4) is 0 Å². The van der Waals surface area contributed by atoms with Crippen molar-refractivity contribution in [1.82, 2.24) is 0 Å². The summed E-state index contributed by atoms with van der Waals surface area (Å²) in [6.45, 7) is 1.91. The van der Waals surface area contributed by atoms with Crippen LogP contribution in [-0.4, -0.2) is 10.2 Å². The first-order valence-corrected chi connectivity index (χ1v) is 3.13. The van der Waals surface area contributed by atoms with Crippen molar-refractivity contribution in [1.29, 1.82) is 0 Å². The van der Waals surface area contributed by atoms with E-state index in [4.69, 9.17) is 10.2 Å². The first-order valence-electron chi connectivity index (χ1n) is 3.13. The molecule has 0 amide bonds. The molecule has 0 bridgehead atoms. The molecule has 2 heteroatoms. The molecule has 0 aromatic heterocycles. The molecule has 0 saturated carbocycles. The highest BCUT2D eigenvalue weighted by atomic mass is 16.5. The van der Waals surface area contributed by atoms with Gasteiger partial charge in [0.2, 0.25) is 0 Å². The first kappa shape index (κ1) is 7.25. The molecule has 10 heavy (non-hydrogen) atoms. The van der Waals surface area contributed by atoms with Crippen LogP contribution in [0.25, 0.3) is 0 Å². The van der Waals surface area contributed by atoms with Crippen LogP contribution in [0.4, 0.5) is 0 Å². The summed E-state index contributed by atoms with van der Waals surface area (Å²) in [7, 11) is 0. The van der Waals surface area contributed by atoms with E-state index in [9.17, 15) is 0 Å². The molecule has 0 saturated heterocycles. The molecule has 0 aliphatic carbocycles. The van der Waals surface area contributed by atoms with E-state index < -0.39 is 6.29 Å². The molecule has 0 heterocycles. The lowest BCUT2D eigenvalue weighted by Gasteiger charge is -2.02. The smallest absolute Gasteiger partial charge is 0.178 e. The van der Waals surface area contributed by atoms with Crippen LogP contribution in [0, 0.1) is 6.92 Å². The molecule has 0 atom stereocenters. The maximum Gasteiger partial charge on any atom is 0.178 e. The third-order valence-electron chi connectivity index (χ3n) is 1.34. The number of benzene rings is 1. The molecule has 2 N–H and O–H groups in total. The quantitative estimate of drug-likeness (QED) is 0.568. The highest BCUT2D eigenvalue weighted by molar-refractivity contribution is 5.22. The minimum absolute atomic E-state index is 0.542. The highest BCUT2D eigenvalue weighted by Crippen LogP contribution is 2.10. The minimum atomic E-state index is -1.35. The van der Waals surface area contributed by atoms with E-state index in [0.29, 0.717) is 5.56 Å². The van der Waals surface area contributed by atoms with Crippen molar-refractivity contribution in [2.45, 2.75) is 13.2 Å². The monoisotopic (exact) mass is 138 g/mol. The van der Waals surface area contributed by atoms with E-state index in [-0.39, 0.29) is 0 Å². The SMILES string of the molecule is Cc1cccc(C(O)O)c1. The third-order valence-corrected chi connectivity index (χ3v) is 1.34. The van der Waals surface area contributed by atoms with Crippen LogP contribution < -0.4 is 0 Å². The summed E-state index contributed by atoms with van der Waals surface area (Å²) < 4.78 is 0. The van der Waals surface area contributed by atoms with Gasteiger partial charge in [0, 0.05) is 5.56 Å². The van der Waals surface area contributed by atoms with Crippen LogP contribution in [-0.2, 0) is 0 Å². The Balaban J connectivity index is 2.96. The largest absolute Gasteiger partial charge is 0.364 e. The number of rotatable bonds is 1. The van der Waals surface area contributed by atoms with E-state index in [2.05, 4.69) is 0 Å². The molecular weight excluding hydrogens is 128 g/mol. The molecule has 1 aromatic carbocycles.